The molecule has 1 unspecified atom stereocenters. The van der Waals surface area contributed by atoms with Gasteiger partial charge in [0.1, 0.15) is 5.82 Å². The zero-order chi connectivity index (χ0) is 11.5. The van der Waals surface area contributed by atoms with Crippen molar-refractivity contribution in [2.45, 2.75) is 11.8 Å². The molecule has 0 bridgehead atoms. The molecule has 0 amide bonds. The molecule has 2 aromatic rings. The lowest BCUT2D eigenvalue weighted by Gasteiger charge is -2.09. The number of aromatic amines is 1. The molecule has 0 aliphatic heterocycles. The Balaban J connectivity index is 2.14. The monoisotopic (exact) mass is 318 g/mol. The number of imidazole rings is 1. The zero-order valence-corrected chi connectivity index (χ0v) is 11.4. The number of halogens is 3. The van der Waals surface area contributed by atoms with Crippen molar-refractivity contribution in [2.75, 3.05) is 0 Å². The molecule has 16 heavy (non-hydrogen) atoms. The minimum Gasteiger partial charge on any atom is -0.349 e. The maximum atomic E-state index is 6.29. The van der Waals surface area contributed by atoms with Crippen LogP contribution in [0.3, 0.4) is 0 Å². The number of hydrogen-bond acceptors (Lipinski definition) is 1. The summed E-state index contributed by atoms with van der Waals surface area (Å²) in [6, 6.07) is 5.72. The van der Waals surface area contributed by atoms with Gasteiger partial charge < -0.3 is 4.98 Å². The van der Waals surface area contributed by atoms with E-state index < -0.39 is 0 Å². The highest BCUT2D eigenvalue weighted by atomic mass is 79.9. The van der Waals surface area contributed by atoms with E-state index >= 15 is 0 Å². The molecule has 2 rings (SSSR count). The van der Waals surface area contributed by atoms with Gasteiger partial charge in [0.2, 0.25) is 0 Å². The summed E-state index contributed by atoms with van der Waals surface area (Å²) in [7, 11) is 0. The van der Waals surface area contributed by atoms with Gasteiger partial charge in [0.05, 0.1) is 10.4 Å². The lowest BCUT2D eigenvalue weighted by atomic mass is 10.1. The number of benzene rings is 1. The minimum absolute atomic E-state index is 0.128. The molecule has 1 N–H and O–H groups in total. The van der Waals surface area contributed by atoms with Crippen LogP contribution in [0.4, 0.5) is 0 Å². The third kappa shape index (κ3) is 2.78. The van der Waals surface area contributed by atoms with Gasteiger partial charge in [-0.1, -0.05) is 17.7 Å². The summed E-state index contributed by atoms with van der Waals surface area (Å²) in [5, 5.41) is 0.541. The van der Waals surface area contributed by atoms with Crippen LogP contribution in [0.1, 0.15) is 16.8 Å². The van der Waals surface area contributed by atoms with Gasteiger partial charge in [-0.25, -0.2) is 4.98 Å². The predicted molar refractivity (Wildman–Crippen MR) is 70.0 cm³/mol. The summed E-state index contributed by atoms with van der Waals surface area (Å²) in [6.45, 7) is 0. The first-order chi connectivity index (χ1) is 7.66. The molecule has 1 aromatic carbocycles. The number of aromatic nitrogens is 2. The van der Waals surface area contributed by atoms with E-state index in [9.17, 15) is 0 Å². The molecule has 1 atom stereocenters. The van der Waals surface area contributed by atoms with Crippen molar-refractivity contribution in [1.82, 2.24) is 9.97 Å². The average molecular weight is 320 g/mol. The van der Waals surface area contributed by atoms with E-state index in [0.29, 0.717) is 11.4 Å². The highest BCUT2D eigenvalue weighted by molar-refractivity contribution is 9.10. The van der Waals surface area contributed by atoms with Crippen LogP contribution < -0.4 is 0 Å². The van der Waals surface area contributed by atoms with Gasteiger partial charge >= 0.3 is 0 Å². The maximum absolute atomic E-state index is 6.29. The van der Waals surface area contributed by atoms with E-state index in [1.54, 1.807) is 12.4 Å². The molecule has 0 radical (unpaired) electrons. The van der Waals surface area contributed by atoms with Gasteiger partial charge in [-0.15, -0.1) is 11.6 Å². The summed E-state index contributed by atoms with van der Waals surface area (Å²) >= 11 is 15.6. The van der Waals surface area contributed by atoms with Gasteiger partial charge in [-0.3, -0.25) is 0 Å². The topological polar surface area (TPSA) is 28.7 Å². The van der Waals surface area contributed by atoms with Crippen molar-refractivity contribution in [3.05, 3.63) is 51.5 Å². The van der Waals surface area contributed by atoms with Crippen LogP contribution in [0.25, 0.3) is 0 Å². The van der Waals surface area contributed by atoms with Gasteiger partial charge in [0.25, 0.3) is 0 Å². The highest BCUT2D eigenvalue weighted by Gasteiger charge is 2.11. The van der Waals surface area contributed by atoms with Crippen LogP contribution in [0.2, 0.25) is 5.02 Å². The van der Waals surface area contributed by atoms with E-state index in [1.165, 1.54) is 0 Å². The first-order valence-corrected chi connectivity index (χ1v) is 6.35. The Kier molecular flexibility index (Phi) is 3.90. The molecule has 0 fully saturated rings. The number of rotatable bonds is 3. The van der Waals surface area contributed by atoms with Gasteiger partial charge in [-0.2, -0.15) is 0 Å². The number of hydrogen-bond donors (Lipinski definition) is 1. The largest absolute Gasteiger partial charge is 0.349 e. The molecule has 1 aromatic heterocycles. The summed E-state index contributed by atoms with van der Waals surface area (Å²) in [6.07, 6.45) is 4.16. The fourth-order valence-corrected chi connectivity index (χ4v) is 2.12. The number of nitrogens with one attached hydrogen (secondary N) is 1. The second kappa shape index (κ2) is 5.21. The van der Waals surface area contributed by atoms with E-state index in [2.05, 4.69) is 25.9 Å². The second-order valence-corrected chi connectivity index (χ2v) is 5.17. The molecule has 5 heteroatoms. The van der Waals surface area contributed by atoms with Crippen LogP contribution in [-0.2, 0) is 6.42 Å². The molecule has 1 heterocycles. The minimum atomic E-state index is -0.128. The molecule has 0 spiro atoms. The van der Waals surface area contributed by atoms with Crippen molar-refractivity contribution in [1.29, 1.82) is 0 Å². The fraction of sp³-hybridized carbons (Fsp3) is 0.182. The molecule has 0 aliphatic rings. The lowest BCUT2D eigenvalue weighted by Crippen LogP contribution is -1.97. The molecule has 84 valence electrons. The molecule has 0 aliphatic carbocycles. The Morgan fingerprint density at radius 1 is 1.44 bits per heavy atom. The standard InChI is InChI=1S/C11H9BrCl2N2/c12-8-2-1-7(5-10(8)14)9(13)6-11-15-3-4-16-11/h1-5,9H,6H2,(H,15,16). The predicted octanol–water partition coefficient (Wildman–Crippen LogP) is 4.35. The molecule has 0 saturated carbocycles. The second-order valence-electron chi connectivity index (χ2n) is 3.38. The summed E-state index contributed by atoms with van der Waals surface area (Å²) < 4.78 is 0.875. The Bertz CT molecular complexity index is 471. The first kappa shape index (κ1) is 12.0. The first-order valence-electron chi connectivity index (χ1n) is 4.74. The summed E-state index contributed by atoms with van der Waals surface area (Å²) in [5.41, 5.74) is 0.992. The van der Waals surface area contributed by atoms with Crippen molar-refractivity contribution < 1.29 is 0 Å². The number of nitrogens with zero attached hydrogens (tertiary/aromatic N) is 1. The Hall–Kier alpha value is -0.510. The van der Waals surface area contributed by atoms with E-state index in [-0.39, 0.29) is 5.38 Å². The summed E-state index contributed by atoms with van der Waals surface area (Å²) in [4.78, 5) is 7.17. The third-order valence-electron chi connectivity index (χ3n) is 2.23. The van der Waals surface area contributed by atoms with Gasteiger partial charge in [0.15, 0.2) is 0 Å². The number of alkyl halides is 1. The van der Waals surface area contributed by atoms with E-state index in [4.69, 9.17) is 23.2 Å². The maximum Gasteiger partial charge on any atom is 0.107 e. The van der Waals surface area contributed by atoms with Gasteiger partial charge in [0, 0.05) is 23.3 Å². The van der Waals surface area contributed by atoms with Crippen LogP contribution >= 0.6 is 39.1 Å². The third-order valence-corrected chi connectivity index (χ3v) is 3.87. The molecule has 2 nitrogen and oxygen atoms in total. The van der Waals surface area contributed by atoms with Crippen molar-refractivity contribution in [3.63, 3.8) is 0 Å². The summed E-state index contributed by atoms with van der Waals surface area (Å²) in [5.74, 6) is 0.874. The molecular weight excluding hydrogens is 311 g/mol. The quantitative estimate of drug-likeness (QED) is 0.837. The zero-order valence-electron chi connectivity index (χ0n) is 8.25. The smallest absolute Gasteiger partial charge is 0.107 e. The Labute approximate surface area is 112 Å². The highest BCUT2D eigenvalue weighted by Crippen LogP contribution is 2.30. The molecule has 0 saturated heterocycles. The SMILES string of the molecule is Clc1cc(C(Cl)Cc2ncc[nH]2)ccc1Br. The van der Waals surface area contributed by atoms with Crippen LogP contribution in [0, 0.1) is 0 Å². The van der Waals surface area contributed by atoms with Crippen LogP contribution in [0.5, 0.6) is 0 Å². The van der Waals surface area contributed by atoms with Crippen LogP contribution in [0.15, 0.2) is 35.1 Å². The van der Waals surface area contributed by atoms with E-state index in [0.717, 1.165) is 15.9 Å². The normalized spacial score (nSPS) is 12.7. The van der Waals surface area contributed by atoms with E-state index in [1.807, 2.05) is 18.2 Å². The van der Waals surface area contributed by atoms with Crippen molar-refractivity contribution >= 4 is 39.1 Å². The van der Waals surface area contributed by atoms with Crippen molar-refractivity contribution in [3.8, 4) is 0 Å². The lowest BCUT2D eigenvalue weighted by molar-refractivity contribution is 0.855. The van der Waals surface area contributed by atoms with Crippen LogP contribution in [-0.4, -0.2) is 9.97 Å². The number of H-pyrrole nitrogens is 1. The van der Waals surface area contributed by atoms with Crippen molar-refractivity contribution in [2.24, 2.45) is 0 Å². The van der Waals surface area contributed by atoms with Gasteiger partial charge in [-0.05, 0) is 33.6 Å². The average Bonchev–Trinajstić information content (AvgIpc) is 2.74. The molecular formula is C11H9BrCl2N2. The fourth-order valence-electron chi connectivity index (χ4n) is 1.40. The Morgan fingerprint density at radius 2 is 2.25 bits per heavy atom. The Morgan fingerprint density at radius 3 is 2.88 bits per heavy atom.